The molecule has 21 heavy (non-hydrogen) atoms. The largest absolute Gasteiger partial charge is 0.444 e. The number of fused-ring (bicyclic) bond motifs is 1. The van der Waals surface area contributed by atoms with E-state index in [1.807, 2.05) is 39.0 Å². The maximum absolute atomic E-state index is 12.1. The second-order valence-corrected chi connectivity index (χ2v) is 6.46. The number of hydrogen-bond donors (Lipinski definition) is 1. The highest BCUT2D eigenvalue weighted by Gasteiger charge is 2.29. The first-order valence-corrected chi connectivity index (χ1v) is 7.46. The zero-order valence-corrected chi connectivity index (χ0v) is 13.1. The highest BCUT2D eigenvalue weighted by atomic mass is 16.6. The number of nitrogens with zero attached hydrogens (tertiary/aromatic N) is 1. The summed E-state index contributed by atoms with van der Waals surface area (Å²) in [7, 11) is 0. The van der Waals surface area contributed by atoms with Crippen molar-refractivity contribution in [2.75, 3.05) is 0 Å². The Bertz CT molecular complexity index is 520. The van der Waals surface area contributed by atoms with E-state index in [9.17, 15) is 4.79 Å². The molecule has 0 spiro atoms. The van der Waals surface area contributed by atoms with Crippen LogP contribution in [0.15, 0.2) is 31.0 Å². The zero-order chi connectivity index (χ0) is 15.5. The van der Waals surface area contributed by atoms with Gasteiger partial charge < -0.3 is 10.1 Å². The molecular weight excluding hydrogens is 264 g/mol. The van der Waals surface area contributed by atoms with Crippen molar-refractivity contribution in [3.05, 3.63) is 42.2 Å². The summed E-state index contributed by atoms with van der Waals surface area (Å²) in [5.41, 5.74) is 1.63. The van der Waals surface area contributed by atoms with E-state index in [0.29, 0.717) is 0 Å². The average Bonchev–Trinajstić information content (AvgIpc) is 2.56. The van der Waals surface area contributed by atoms with Crippen molar-refractivity contribution in [3.63, 3.8) is 0 Å². The molecule has 1 aliphatic carbocycles. The minimum absolute atomic E-state index is 0.122. The molecule has 114 valence electrons. The van der Waals surface area contributed by atoms with E-state index < -0.39 is 11.7 Å². The summed E-state index contributed by atoms with van der Waals surface area (Å²) in [5, 5.41) is 3.00. The summed E-state index contributed by atoms with van der Waals surface area (Å²) < 4.78 is 5.38. The first kappa shape index (κ1) is 15.5. The van der Waals surface area contributed by atoms with E-state index >= 15 is 0 Å². The lowest BCUT2D eigenvalue weighted by Gasteiger charge is -2.27. The van der Waals surface area contributed by atoms with Crippen molar-refractivity contribution in [2.24, 2.45) is 5.92 Å². The third-order valence-corrected chi connectivity index (χ3v) is 3.61. The van der Waals surface area contributed by atoms with Gasteiger partial charge in [-0.25, -0.2) is 4.79 Å². The Morgan fingerprint density at radius 3 is 2.95 bits per heavy atom. The van der Waals surface area contributed by atoms with Gasteiger partial charge in [0.25, 0.3) is 0 Å². The van der Waals surface area contributed by atoms with Crippen LogP contribution in [0.1, 0.15) is 50.9 Å². The lowest BCUT2D eigenvalue weighted by Crippen LogP contribution is -2.37. The molecule has 0 aromatic carbocycles. The Hall–Kier alpha value is -1.84. The molecule has 1 heterocycles. The number of nitrogens with one attached hydrogen (secondary N) is 1. The molecule has 0 aliphatic heterocycles. The molecule has 0 saturated carbocycles. The predicted octanol–water partition coefficient (Wildman–Crippen LogP) is 3.79. The Kier molecular flexibility index (Phi) is 4.66. The summed E-state index contributed by atoms with van der Waals surface area (Å²) in [4.78, 5) is 16.6. The molecule has 1 aromatic rings. The van der Waals surface area contributed by atoms with Gasteiger partial charge in [0.05, 0.1) is 6.04 Å². The predicted molar refractivity (Wildman–Crippen MR) is 83.0 cm³/mol. The van der Waals surface area contributed by atoms with Crippen LogP contribution in [0.4, 0.5) is 4.79 Å². The monoisotopic (exact) mass is 288 g/mol. The molecule has 4 heteroatoms. The van der Waals surface area contributed by atoms with Crippen molar-refractivity contribution < 1.29 is 9.53 Å². The molecule has 2 atom stereocenters. The minimum atomic E-state index is -0.504. The van der Waals surface area contributed by atoms with Crippen LogP contribution in [0.5, 0.6) is 0 Å². The lowest BCUT2D eigenvalue weighted by atomic mass is 9.92. The Morgan fingerprint density at radius 1 is 1.52 bits per heavy atom. The standard InChI is InChI=1S/C17H24N2O2/c1-5-12-8-6-10-14-13(9-7-11-18-14)15(12)19-16(20)21-17(2,3)4/h5,7,9,11-12,15H,1,6,8,10H2,2-4H3,(H,19,20). The number of pyridine rings is 1. The molecular formula is C17H24N2O2. The van der Waals surface area contributed by atoms with Crippen LogP contribution >= 0.6 is 0 Å². The van der Waals surface area contributed by atoms with Gasteiger partial charge in [-0.2, -0.15) is 0 Å². The third kappa shape index (κ3) is 4.06. The minimum Gasteiger partial charge on any atom is -0.444 e. The fourth-order valence-electron chi connectivity index (χ4n) is 2.72. The molecule has 0 saturated heterocycles. The topological polar surface area (TPSA) is 51.2 Å². The molecule has 2 unspecified atom stereocenters. The van der Waals surface area contributed by atoms with Gasteiger partial charge in [0, 0.05) is 17.8 Å². The first-order chi connectivity index (χ1) is 9.90. The van der Waals surface area contributed by atoms with Gasteiger partial charge in [0.15, 0.2) is 0 Å². The van der Waals surface area contributed by atoms with Gasteiger partial charge in [0.2, 0.25) is 0 Å². The van der Waals surface area contributed by atoms with Crippen LogP contribution in [0, 0.1) is 5.92 Å². The van der Waals surface area contributed by atoms with Gasteiger partial charge >= 0.3 is 6.09 Å². The number of alkyl carbamates (subject to hydrolysis) is 1. The van der Waals surface area contributed by atoms with E-state index in [1.54, 1.807) is 6.20 Å². The van der Waals surface area contributed by atoms with E-state index in [-0.39, 0.29) is 12.0 Å². The van der Waals surface area contributed by atoms with Crippen LogP contribution in [0.3, 0.4) is 0 Å². The van der Waals surface area contributed by atoms with Crippen LogP contribution in [0.25, 0.3) is 0 Å². The highest BCUT2D eigenvalue weighted by Crippen LogP contribution is 2.33. The van der Waals surface area contributed by atoms with Crippen LogP contribution in [-0.2, 0) is 11.2 Å². The van der Waals surface area contributed by atoms with Gasteiger partial charge in [0.1, 0.15) is 5.60 Å². The Balaban J connectivity index is 2.24. The smallest absolute Gasteiger partial charge is 0.408 e. The van der Waals surface area contributed by atoms with Gasteiger partial charge in [-0.15, -0.1) is 6.58 Å². The fourth-order valence-corrected chi connectivity index (χ4v) is 2.72. The maximum Gasteiger partial charge on any atom is 0.408 e. The molecule has 1 aromatic heterocycles. The number of hydrogen-bond acceptors (Lipinski definition) is 3. The zero-order valence-electron chi connectivity index (χ0n) is 13.1. The number of aromatic nitrogens is 1. The van der Waals surface area contributed by atoms with Crippen molar-refractivity contribution in [1.29, 1.82) is 0 Å². The van der Waals surface area contributed by atoms with Gasteiger partial charge in [-0.05, 0) is 51.7 Å². The van der Waals surface area contributed by atoms with E-state index in [2.05, 4.69) is 16.9 Å². The number of carbonyl (C=O) groups is 1. The SMILES string of the molecule is C=CC1CCCc2ncccc2C1NC(=O)OC(C)(C)C. The molecule has 0 bridgehead atoms. The van der Waals surface area contributed by atoms with Crippen LogP contribution < -0.4 is 5.32 Å². The summed E-state index contributed by atoms with van der Waals surface area (Å²) in [6.07, 6.45) is 6.30. The van der Waals surface area contributed by atoms with Crippen molar-refractivity contribution in [2.45, 2.75) is 51.7 Å². The number of rotatable bonds is 2. The van der Waals surface area contributed by atoms with Crippen molar-refractivity contribution in [3.8, 4) is 0 Å². The Morgan fingerprint density at radius 2 is 2.29 bits per heavy atom. The summed E-state index contributed by atoms with van der Waals surface area (Å²) >= 11 is 0. The normalized spacial score (nSPS) is 21.9. The summed E-state index contributed by atoms with van der Waals surface area (Å²) in [6.45, 7) is 9.50. The maximum atomic E-state index is 12.1. The number of amides is 1. The molecule has 0 radical (unpaired) electrons. The number of ether oxygens (including phenoxy) is 1. The van der Waals surface area contributed by atoms with E-state index in [4.69, 9.17) is 4.74 Å². The van der Waals surface area contributed by atoms with E-state index in [1.165, 1.54) is 0 Å². The average molecular weight is 288 g/mol. The fraction of sp³-hybridized carbons (Fsp3) is 0.529. The number of carbonyl (C=O) groups excluding carboxylic acids is 1. The van der Waals surface area contributed by atoms with Gasteiger partial charge in [-0.3, -0.25) is 4.98 Å². The third-order valence-electron chi connectivity index (χ3n) is 3.61. The van der Waals surface area contributed by atoms with Crippen molar-refractivity contribution >= 4 is 6.09 Å². The number of aryl methyl sites for hydroxylation is 1. The van der Waals surface area contributed by atoms with E-state index in [0.717, 1.165) is 30.5 Å². The quantitative estimate of drug-likeness (QED) is 0.665. The second kappa shape index (κ2) is 6.29. The molecule has 1 N–H and O–H groups in total. The van der Waals surface area contributed by atoms with Gasteiger partial charge in [-0.1, -0.05) is 12.1 Å². The highest BCUT2D eigenvalue weighted by molar-refractivity contribution is 5.68. The first-order valence-electron chi connectivity index (χ1n) is 7.46. The molecule has 4 nitrogen and oxygen atoms in total. The molecule has 1 aliphatic rings. The van der Waals surface area contributed by atoms with Crippen LogP contribution in [0.2, 0.25) is 0 Å². The summed E-state index contributed by atoms with van der Waals surface area (Å²) in [6, 6.07) is 3.82. The summed E-state index contributed by atoms with van der Waals surface area (Å²) in [5.74, 6) is 0.197. The Labute approximate surface area is 126 Å². The molecule has 0 fully saturated rings. The molecule has 1 amide bonds. The lowest BCUT2D eigenvalue weighted by molar-refractivity contribution is 0.0491. The van der Waals surface area contributed by atoms with Crippen LogP contribution in [-0.4, -0.2) is 16.7 Å². The molecule has 2 rings (SSSR count). The second-order valence-electron chi connectivity index (χ2n) is 6.46. The van der Waals surface area contributed by atoms with Crippen molar-refractivity contribution in [1.82, 2.24) is 10.3 Å².